The van der Waals surface area contributed by atoms with Crippen LogP contribution in [0, 0.1) is 11.8 Å². The molecule has 0 unspecified atom stereocenters. The Morgan fingerprint density at radius 1 is 1.12 bits per heavy atom. The van der Waals surface area contributed by atoms with Crippen LogP contribution >= 0.6 is 0 Å². The van der Waals surface area contributed by atoms with E-state index in [1.807, 2.05) is 19.0 Å². The van der Waals surface area contributed by atoms with Gasteiger partial charge in [-0.15, -0.1) is 0 Å². The molecule has 3 aromatic rings. The van der Waals surface area contributed by atoms with Crippen LogP contribution in [0.25, 0.3) is 22.5 Å². The van der Waals surface area contributed by atoms with E-state index >= 15 is 0 Å². The van der Waals surface area contributed by atoms with Gasteiger partial charge >= 0.3 is 0 Å². The van der Waals surface area contributed by atoms with Crippen LogP contribution in [0.4, 0.5) is 14.6 Å². The van der Waals surface area contributed by atoms with Gasteiger partial charge in [-0.1, -0.05) is 0 Å². The number of carbonyl (C=O) groups excluding carboxylic acids is 1. The lowest BCUT2D eigenvalue weighted by Crippen LogP contribution is -2.32. The average Bonchev–Trinajstić information content (AvgIpc) is 2.74. The third-order valence-corrected chi connectivity index (χ3v) is 5.29. The third kappa shape index (κ3) is 3.99. The molecule has 0 spiro atoms. The number of nitrogens with one attached hydrogen (secondary N) is 1. The molecule has 3 N–H and O–H groups in total. The minimum atomic E-state index is -0.857. The Morgan fingerprint density at radius 3 is 2.62 bits per heavy atom. The molecule has 1 aliphatic heterocycles. The first-order chi connectivity index (χ1) is 15.3. The fourth-order valence-corrected chi connectivity index (χ4v) is 3.82. The van der Waals surface area contributed by atoms with Crippen LogP contribution in [0.3, 0.4) is 0 Å². The molecular formula is C23H23F2N5O2. The second-order valence-electron chi connectivity index (χ2n) is 7.86. The topological polar surface area (TPSA) is 93.4 Å². The number of rotatable bonds is 5. The van der Waals surface area contributed by atoms with Gasteiger partial charge in [0.1, 0.15) is 23.0 Å². The molecule has 0 atom stereocenters. The zero-order valence-corrected chi connectivity index (χ0v) is 18.0. The predicted octanol–water partition coefficient (Wildman–Crippen LogP) is 3.03. The zero-order valence-electron chi connectivity index (χ0n) is 18.0. The second kappa shape index (κ2) is 8.51. The van der Waals surface area contributed by atoms with Crippen molar-refractivity contribution in [1.29, 1.82) is 0 Å². The fourth-order valence-electron chi connectivity index (χ4n) is 3.82. The van der Waals surface area contributed by atoms with Gasteiger partial charge in [-0.25, -0.2) is 9.37 Å². The van der Waals surface area contributed by atoms with E-state index in [1.165, 1.54) is 6.07 Å². The molecular weight excluding hydrogens is 416 g/mol. The van der Waals surface area contributed by atoms with Crippen molar-refractivity contribution in [3.8, 4) is 28.3 Å². The quantitative estimate of drug-likeness (QED) is 0.635. The third-order valence-electron chi connectivity index (χ3n) is 5.29. The highest BCUT2D eigenvalue weighted by Gasteiger charge is 2.23. The number of nitrogens with zero attached hydrogens (tertiary/aromatic N) is 3. The second-order valence-corrected chi connectivity index (χ2v) is 7.86. The van der Waals surface area contributed by atoms with Gasteiger partial charge < -0.3 is 20.7 Å². The Morgan fingerprint density at radius 2 is 1.91 bits per heavy atom. The maximum absolute atomic E-state index is 14.9. The Bertz CT molecular complexity index is 1210. The summed E-state index contributed by atoms with van der Waals surface area (Å²) < 4.78 is 35.1. The molecule has 0 saturated carbocycles. The van der Waals surface area contributed by atoms with Crippen molar-refractivity contribution in [2.24, 2.45) is 0 Å². The van der Waals surface area contributed by atoms with E-state index in [9.17, 15) is 13.6 Å². The van der Waals surface area contributed by atoms with Gasteiger partial charge in [0.25, 0.3) is 5.91 Å². The Balaban J connectivity index is 1.84. The van der Waals surface area contributed by atoms with Crippen LogP contribution < -0.4 is 15.8 Å². The molecule has 166 valence electrons. The molecule has 0 saturated heterocycles. The number of nitrogens with two attached hydrogens (primary N) is 1. The number of fused-ring (bicyclic) bond motifs is 1. The number of aromatic nitrogens is 2. The zero-order chi connectivity index (χ0) is 23.0. The van der Waals surface area contributed by atoms with Gasteiger partial charge in [0, 0.05) is 35.3 Å². The summed E-state index contributed by atoms with van der Waals surface area (Å²) in [6.07, 6.45) is 0.544. The summed E-state index contributed by atoms with van der Waals surface area (Å²) in [6.45, 7) is 1.02. The van der Waals surface area contributed by atoms with E-state index in [0.717, 1.165) is 11.6 Å². The molecule has 0 aliphatic carbocycles. The number of methoxy groups -OCH3 is 1. The predicted molar refractivity (Wildman–Crippen MR) is 117 cm³/mol. The Labute approximate surface area is 184 Å². The molecule has 1 aliphatic rings. The summed E-state index contributed by atoms with van der Waals surface area (Å²) in [5, 5.41) is 2.68. The highest BCUT2D eigenvalue weighted by Crippen LogP contribution is 2.33. The van der Waals surface area contributed by atoms with Crippen molar-refractivity contribution in [1.82, 2.24) is 20.2 Å². The molecule has 9 heteroatoms. The Kier molecular flexibility index (Phi) is 5.75. The molecule has 1 amide bonds. The molecule has 2 aromatic carbocycles. The van der Waals surface area contributed by atoms with E-state index in [-0.39, 0.29) is 34.2 Å². The SMILES string of the molecule is COc1ccc(-c2nc(-c3cc4c(cc3F)C(=O)NCC4)c(N)nc2F)cc1CN(C)C. The average molecular weight is 439 g/mol. The standard InChI is InChI=1S/C23H23F2N5O2/c1-30(2)11-14-8-13(4-5-18(14)32-3)19-21(25)29-22(26)20(28-19)16-9-12-6-7-27-23(31)15(12)10-17(16)24/h4-5,8-10H,6-7,11H2,1-3H3,(H2,26,29)(H,27,31). The lowest BCUT2D eigenvalue weighted by molar-refractivity contribution is 0.0945. The monoisotopic (exact) mass is 439 g/mol. The lowest BCUT2D eigenvalue weighted by atomic mass is 9.96. The molecule has 7 nitrogen and oxygen atoms in total. The van der Waals surface area contributed by atoms with Crippen LogP contribution in [0.1, 0.15) is 21.5 Å². The number of anilines is 1. The van der Waals surface area contributed by atoms with E-state index < -0.39 is 11.8 Å². The van der Waals surface area contributed by atoms with E-state index in [1.54, 1.807) is 25.3 Å². The molecule has 0 bridgehead atoms. The number of hydrogen-bond acceptors (Lipinski definition) is 6. The summed E-state index contributed by atoms with van der Waals surface area (Å²) in [5.74, 6) is -1.44. The molecule has 0 fully saturated rings. The van der Waals surface area contributed by atoms with Crippen molar-refractivity contribution in [3.05, 3.63) is 58.8 Å². The summed E-state index contributed by atoms with van der Waals surface area (Å²) in [4.78, 5) is 22.1. The molecule has 2 heterocycles. The first-order valence-electron chi connectivity index (χ1n) is 10.0. The van der Waals surface area contributed by atoms with Gasteiger partial charge in [0.2, 0.25) is 5.95 Å². The van der Waals surface area contributed by atoms with Gasteiger partial charge in [0.05, 0.1) is 7.11 Å². The van der Waals surface area contributed by atoms with Crippen molar-refractivity contribution in [2.45, 2.75) is 13.0 Å². The molecule has 32 heavy (non-hydrogen) atoms. The van der Waals surface area contributed by atoms with Crippen LogP contribution in [0.15, 0.2) is 30.3 Å². The van der Waals surface area contributed by atoms with Crippen molar-refractivity contribution in [2.75, 3.05) is 33.5 Å². The number of carbonyl (C=O) groups is 1. The molecule has 4 rings (SSSR count). The van der Waals surface area contributed by atoms with Crippen LogP contribution in [0.5, 0.6) is 5.75 Å². The molecule has 0 radical (unpaired) electrons. The highest BCUT2D eigenvalue weighted by atomic mass is 19.1. The number of hydrogen-bond donors (Lipinski definition) is 2. The molecule has 1 aromatic heterocycles. The van der Waals surface area contributed by atoms with Crippen molar-refractivity contribution >= 4 is 11.7 Å². The van der Waals surface area contributed by atoms with Crippen LogP contribution in [0.2, 0.25) is 0 Å². The number of nitrogen functional groups attached to an aromatic ring is 1. The normalized spacial score (nSPS) is 13.1. The first-order valence-corrected chi connectivity index (χ1v) is 10.0. The Hall–Kier alpha value is -3.59. The van der Waals surface area contributed by atoms with Gasteiger partial charge in [0.15, 0.2) is 5.82 Å². The van der Waals surface area contributed by atoms with Gasteiger partial charge in [-0.2, -0.15) is 9.37 Å². The lowest BCUT2D eigenvalue weighted by Gasteiger charge is -2.18. The van der Waals surface area contributed by atoms with Gasteiger partial charge in [-0.3, -0.25) is 4.79 Å². The summed E-state index contributed by atoms with van der Waals surface area (Å²) in [6, 6.07) is 7.85. The summed E-state index contributed by atoms with van der Waals surface area (Å²) >= 11 is 0. The minimum Gasteiger partial charge on any atom is -0.496 e. The van der Waals surface area contributed by atoms with E-state index in [0.29, 0.717) is 36.4 Å². The number of ether oxygens (including phenoxy) is 1. The number of amides is 1. The van der Waals surface area contributed by atoms with Crippen LogP contribution in [-0.2, 0) is 13.0 Å². The number of benzene rings is 2. The highest BCUT2D eigenvalue weighted by molar-refractivity contribution is 5.97. The van der Waals surface area contributed by atoms with E-state index in [2.05, 4.69) is 15.3 Å². The van der Waals surface area contributed by atoms with Crippen LogP contribution in [-0.4, -0.2) is 48.5 Å². The fraction of sp³-hybridized carbons (Fsp3) is 0.261. The van der Waals surface area contributed by atoms with Crippen molar-refractivity contribution in [3.63, 3.8) is 0 Å². The minimum absolute atomic E-state index is 0.0256. The summed E-state index contributed by atoms with van der Waals surface area (Å²) in [7, 11) is 5.38. The van der Waals surface area contributed by atoms with E-state index in [4.69, 9.17) is 10.5 Å². The number of halogens is 2. The summed E-state index contributed by atoms with van der Waals surface area (Å²) in [5.41, 5.74) is 8.23. The maximum atomic E-state index is 14.9. The largest absolute Gasteiger partial charge is 0.496 e. The first kappa shape index (κ1) is 21.6. The van der Waals surface area contributed by atoms with Crippen molar-refractivity contribution < 1.29 is 18.3 Å². The van der Waals surface area contributed by atoms with Gasteiger partial charge in [-0.05, 0) is 56.4 Å². The smallest absolute Gasteiger partial charge is 0.251 e. The maximum Gasteiger partial charge on any atom is 0.251 e.